The Hall–Kier alpha value is -2.09. The summed E-state index contributed by atoms with van der Waals surface area (Å²) in [6, 6.07) is 1.46. The number of aromatic nitrogens is 2. The van der Waals surface area contributed by atoms with Crippen molar-refractivity contribution in [3.05, 3.63) is 30.0 Å². The molecule has 0 unspecified atom stereocenters. The molecule has 2 aromatic rings. The number of hydrogen-bond donors (Lipinski definition) is 1. The number of nitrogens with zero attached hydrogens (tertiary/aromatic N) is 2. The van der Waals surface area contributed by atoms with Crippen molar-refractivity contribution in [1.82, 2.24) is 9.97 Å². The van der Waals surface area contributed by atoms with Gasteiger partial charge in [-0.3, -0.25) is 9.71 Å². The Kier molecular flexibility index (Phi) is 3.93. The molecule has 0 aliphatic carbocycles. The van der Waals surface area contributed by atoms with Crippen molar-refractivity contribution in [3.8, 4) is 5.88 Å². The molecule has 0 aliphatic rings. The van der Waals surface area contributed by atoms with Crippen molar-refractivity contribution in [1.29, 1.82) is 0 Å². The van der Waals surface area contributed by atoms with Gasteiger partial charge >= 0.3 is 0 Å². The number of hydrogen-bond acceptors (Lipinski definition) is 6. The van der Waals surface area contributed by atoms with Crippen LogP contribution < -0.4 is 9.46 Å². The summed E-state index contributed by atoms with van der Waals surface area (Å²) in [4.78, 5) is 7.96. The van der Waals surface area contributed by atoms with Crippen LogP contribution in [0.4, 0.5) is 5.82 Å². The largest absolute Gasteiger partial charge is 0.477 e. The van der Waals surface area contributed by atoms with Gasteiger partial charge in [0.25, 0.3) is 10.0 Å². The standard InChI is InChI=1S/C12H15N3O4S/c1-4-18-12-7-13-6-11(14-12)15-20(16,17)10-5-8(2)19-9(10)3/h5-7H,4H2,1-3H3,(H,14,15). The van der Waals surface area contributed by atoms with Gasteiger partial charge < -0.3 is 9.15 Å². The van der Waals surface area contributed by atoms with Crippen molar-refractivity contribution >= 4 is 15.8 Å². The maximum Gasteiger partial charge on any atom is 0.266 e. The predicted octanol–water partition coefficient (Wildman–Crippen LogP) is 1.89. The van der Waals surface area contributed by atoms with E-state index in [-0.39, 0.29) is 16.6 Å². The minimum Gasteiger partial charge on any atom is -0.477 e. The molecule has 0 aromatic carbocycles. The van der Waals surface area contributed by atoms with E-state index in [4.69, 9.17) is 9.15 Å². The molecule has 108 valence electrons. The Morgan fingerprint density at radius 2 is 2.10 bits per heavy atom. The van der Waals surface area contributed by atoms with Gasteiger partial charge in [-0.1, -0.05) is 0 Å². The maximum atomic E-state index is 12.2. The monoisotopic (exact) mass is 297 g/mol. The Bertz CT molecular complexity index is 709. The van der Waals surface area contributed by atoms with Crippen LogP contribution in [0.1, 0.15) is 18.4 Å². The summed E-state index contributed by atoms with van der Waals surface area (Å²) in [6.45, 7) is 5.49. The minimum absolute atomic E-state index is 0.0820. The van der Waals surface area contributed by atoms with Crippen LogP contribution in [-0.2, 0) is 10.0 Å². The van der Waals surface area contributed by atoms with E-state index in [1.165, 1.54) is 18.5 Å². The third-order valence-corrected chi connectivity index (χ3v) is 3.89. The zero-order valence-corrected chi connectivity index (χ0v) is 12.2. The SMILES string of the molecule is CCOc1cncc(NS(=O)(=O)c2cc(C)oc2C)n1. The molecule has 0 saturated carbocycles. The summed E-state index contributed by atoms with van der Waals surface area (Å²) in [7, 11) is -3.76. The topological polar surface area (TPSA) is 94.3 Å². The lowest BCUT2D eigenvalue weighted by atomic mass is 10.4. The van der Waals surface area contributed by atoms with Crippen LogP contribution >= 0.6 is 0 Å². The third-order valence-electron chi connectivity index (χ3n) is 2.43. The van der Waals surface area contributed by atoms with Crippen molar-refractivity contribution in [3.63, 3.8) is 0 Å². The van der Waals surface area contributed by atoms with Gasteiger partial charge in [0.05, 0.1) is 19.0 Å². The molecule has 0 radical (unpaired) electrons. The fraction of sp³-hybridized carbons (Fsp3) is 0.333. The first kappa shape index (κ1) is 14.3. The van der Waals surface area contributed by atoms with Crippen LogP contribution in [-0.4, -0.2) is 25.0 Å². The number of ether oxygens (including phenoxy) is 1. The molecule has 2 rings (SSSR count). The molecule has 0 spiro atoms. The highest BCUT2D eigenvalue weighted by molar-refractivity contribution is 7.92. The van der Waals surface area contributed by atoms with E-state index in [1.54, 1.807) is 20.8 Å². The molecule has 0 fully saturated rings. The van der Waals surface area contributed by atoms with E-state index in [0.29, 0.717) is 18.1 Å². The van der Waals surface area contributed by atoms with E-state index in [1.807, 2.05) is 0 Å². The molecule has 0 saturated heterocycles. The fourth-order valence-corrected chi connectivity index (χ4v) is 2.91. The normalized spacial score (nSPS) is 11.3. The smallest absolute Gasteiger partial charge is 0.266 e. The zero-order chi connectivity index (χ0) is 14.8. The Morgan fingerprint density at radius 3 is 2.70 bits per heavy atom. The summed E-state index contributed by atoms with van der Waals surface area (Å²) in [5.74, 6) is 1.20. The van der Waals surface area contributed by atoms with Crippen LogP contribution in [0.3, 0.4) is 0 Å². The fourth-order valence-electron chi connectivity index (χ4n) is 1.68. The lowest BCUT2D eigenvalue weighted by molar-refractivity contribution is 0.326. The molecule has 7 nitrogen and oxygen atoms in total. The van der Waals surface area contributed by atoms with E-state index in [0.717, 1.165) is 0 Å². The molecule has 0 amide bonds. The summed E-state index contributed by atoms with van der Waals surface area (Å²) in [5.41, 5.74) is 0. The summed E-state index contributed by atoms with van der Waals surface area (Å²) >= 11 is 0. The van der Waals surface area contributed by atoms with Crippen molar-refractivity contribution in [2.45, 2.75) is 25.7 Å². The minimum atomic E-state index is -3.76. The Balaban J connectivity index is 2.28. The first-order chi connectivity index (χ1) is 9.42. The van der Waals surface area contributed by atoms with Crippen LogP contribution in [0.25, 0.3) is 0 Å². The highest BCUT2D eigenvalue weighted by Gasteiger charge is 2.21. The molecular formula is C12H15N3O4S. The molecule has 20 heavy (non-hydrogen) atoms. The lowest BCUT2D eigenvalue weighted by Gasteiger charge is -2.07. The molecule has 0 atom stereocenters. The van der Waals surface area contributed by atoms with Gasteiger partial charge in [-0.05, 0) is 20.8 Å². The molecular weight excluding hydrogens is 282 g/mol. The van der Waals surface area contributed by atoms with Gasteiger partial charge in [0, 0.05) is 6.07 Å². The summed E-state index contributed by atoms with van der Waals surface area (Å²) in [5, 5.41) is 0. The second-order valence-electron chi connectivity index (χ2n) is 4.06. The van der Waals surface area contributed by atoms with E-state index >= 15 is 0 Å². The Labute approximate surface area is 117 Å². The average Bonchev–Trinajstić information content (AvgIpc) is 2.69. The maximum absolute atomic E-state index is 12.2. The van der Waals surface area contributed by atoms with Crippen LogP contribution in [0.15, 0.2) is 27.8 Å². The molecule has 2 heterocycles. The number of furan rings is 1. The highest BCUT2D eigenvalue weighted by atomic mass is 32.2. The summed E-state index contributed by atoms with van der Waals surface area (Å²) < 4.78 is 37.2. The van der Waals surface area contributed by atoms with Crippen LogP contribution in [0.5, 0.6) is 5.88 Å². The second kappa shape index (κ2) is 5.49. The van der Waals surface area contributed by atoms with E-state index < -0.39 is 10.0 Å². The van der Waals surface area contributed by atoms with E-state index in [9.17, 15) is 8.42 Å². The molecule has 1 N–H and O–H groups in total. The first-order valence-corrected chi connectivity index (χ1v) is 7.45. The number of aryl methyl sites for hydroxylation is 2. The van der Waals surface area contributed by atoms with Gasteiger partial charge in [0.2, 0.25) is 5.88 Å². The lowest BCUT2D eigenvalue weighted by Crippen LogP contribution is -2.14. The van der Waals surface area contributed by atoms with Crippen molar-refractivity contribution < 1.29 is 17.6 Å². The van der Waals surface area contributed by atoms with E-state index in [2.05, 4.69) is 14.7 Å². The number of anilines is 1. The summed E-state index contributed by atoms with van der Waals surface area (Å²) in [6.07, 6.45) is 2.72. The average molecular weight is 297 g/mol. The first-order valence-electron chi connectivity index (χ1n) is 5.97. The molecule has 0 bridgehead atoms. The quantitative estimate of drug-likeness (QED) is 0.905. The van der Waals surface area contributed by atoms with Crippen LogP contribution in [0.2, 0.25) is 0 Å². The number of nitrogens with one attached hydrogen (secondary N) is 1. The predicted molar refractivity (Wildman–Crippen MR) is 72.2 cm³/mol. The molecule has 0 aliphatic heterocycles. The van der Waals surface area contributed by atoms with Gasteiger partial charge in [-0.15, -0.1) is 0 Å². The van der Waals surface area contributed by atoms with Gasteiger partial charge in [-0.2, -0.15) is 4.98 Å². The number of rotatable bonds is 5. The van der Waals surface area contributed by atoms with Gasteiger partial charge in [0.15, 0.2) is 5.82 Å². The molecule has 8 heteroatoms. The molecule has 2 aromatic heterocycles. The van der Waals surface area contributed by atoms with Gasteiger partial charge in [0.1, 0.15) is 16.4 Å². The third kappa shape index (κ3) is 3.08. The zero-order valence-electron chi connectivity index (χ0n) is 11.4. The van der Waals surface area contributed by atoms with Crippen molar-refractivity contribution in [2.24, 2.45) is 0 Å². The highest BCUT2D eigenvalue weighted by Crippen LogP contribution is 2.22. The van der Waals surface area contributed by atoms with Crippen molar-refractivity contribution in [2.75, 3.05) is 11.3 Å². The number of sulfonamides is 1. The van der Waals surface area contributed by atoms with Gasteiger partial charge in [-0.25, -0.2) is 8.42 Å². The second-order valence-corrected chi connectivity index (χ2v) is 5.71. The Morgan fingerprint density at radius 1 is 1.35 bits per heavy atom. The van der Waals surface area contributed by atoms with Crippen LogP contribution in [0, 0.1) is 13.8 Å².